The lowest BCUT2D eigenvalue weighted by molar-refractivity contribution is -0.400. The Bertz CT molecular complexity index is 548. The van der Waals surface area contributed by atoms with Gasteiger partial charge in [0, 0.05) is 17.5 Å². The highest BCUT2D eigenvalue weighted by Gasteiger charge is 1.94. The minimum Gasteiger partial charge on any atom is -0.356 e. The molecule has 2 aromatic rings. The number of rotatable bonds is 4. The van der Waals surface area contributed by atoms with Gasteiger partial charge < -0.3 is 5.32 Å². The van der Waals surface area contributed by atoms with Crippen molar-refractivity contribution in [2.45, 2.75) is 0 Å². The molecule has 0 heterocycles. The van der Waals surface area contributed by atoms with Gasteiger partial charge in [-0.05, 0) is 29.8 Å². The molecule has 4 nitrogen and oxygen atoms in total. The summed E-state index contributed by atoms with van der Waals surface area (Å²) >= 11 is 0. The fraction of sp³-hybridized carbons (Fsp3) is 0. The fourth-order valence-electron chi connectivity index (χ4n) is 1.51. The zero-order valence-electron chi connectivity index (χ0n) is 9.61. The van der Waals surface area contributed by atoms with Crippen molar-refractivity contribution in [3.8, 4) is 0 Å². The van der Waals surface area contributed by atoms with Crippen molar-refractivity contribution in [3.05, 3.63) is 76.5 Å². The summed E-state index contributed by atoms with van der Waals surface area (Å²) in [7, 11) is 0. The molecule has 0 aliphatic heterocycles. The Morgan fingerprint density at radius 1 is 0.944 bits per heavy atom. The molecule has 0 fully saturated rings. The maximum atomic E-state index is 10.2. The summed E-state index contributed by atoms with van der Waals surface area (Å²) in [6.45, 7) is 0. The fourth-order valence-corrected chi connectivity index (χ4v) is 1.51. The van der Waals surface area contributed by atoms with E-state index in [1.807, 2.05) is 54.6 Å². The zero-order chi connectivity index (χ0) is 12.8. The SMILES string of the molecule is O=[N+]([O-])/C=C/c1ccc(Nc2ccccc2)cc1. The minimum absolute atomic E-state index is 0.476. The van der Waals surface area contributed by atoms with Gasteiger partial charge in [0.2, 0.25) is 6.20 Å². The van der Waals surface area contributed by atoms with Crippen molar-refractivity contribution in [1.29, 1.82) is 0 Å². The minimum atomic E-state index is -0.476. The smallest absolute Gasteiger partial charge is 0.235 e. The van der Waals surface area contributed by atoms with E-state index in [1.54, 1.807) is 0 Å². The van der Waals surface area contributed by atoms with Gasteiger partial charge in [-0.1, -0.05) is 30.3 Å². The van der Waals surface area contributed by atoms with Gasteiger partial charge in [-0.25, -0.2) is 0 Å². The highest BCUT2D eigenvalue weighted by Crippen LogP contribution is 2.16. The highest BCUT2D eigenvalue weighted by atomic mass is 16.6. The van der Waals surface area contributed by atoms with Crippen LogP contribution in [0.1, 0.15) is 5.56 Å². The second kappa shape index (κ2) is 5.63. The number of hydrogen-bond donors (Lipinski definition) is 1. The molecule has 0 radical (unpaired) electrons. The molecule has 0 unspecified atom stereocenters. The van der Waals surface area contributed by atoms with E-state index < -0.39 is 4.92 Å². The van der Waals surface area contributed by atoms with Gasteiger partial charge in [-0.15, -0.1) is 0 Å². The average Bonchev–Trinajstić information content (AvgIpc) is 2.39. The maximum Gasteiger partial charge on any atom is 0.235 e. The molecule has 1 N–H and O–H groups in total. The molecule has 0 atom stereocenters. The number of benzene rings is 2. The molecular weight excluding hydrogens is 228 g/mol. The van der Waals surface area contributed by atoms with E-state index in [0.717, 1.165) is 23.1 Å². The van der Waals surface area contributed by atoms with Gasteiger partial charge in [0.1, 0.15) is 0 Å². The quantitative estimate of drug-likeness (QED) is 0.655. The molecule has 2 aromatic carbocycles. The van der Waals surface area contributed by atoms with Crippen LogP contribution in [-0.2, 0) is 0 Å². The molecule has 0 saturated heterocycles. The predicted octanol–water partition coefficient (Wildman–Crippen LogP) is 3.68. The van der Waals surface area contributed by atoms with Crippen LogP contribution in [0.5, 0.6) is 0 Å². The van der Waals surface area contributed by atoms with Crippen LogP contribution in [0.4, 0.5) is 11.4 Å². The summed E-state index contributed by atoms with van der Waals surface area (Å²) in [5, 5.41) is 13.4. The first-order chi connectivity index (χ1) is 8.74. The molecule has 90 valence electrons. The Morgan fingerprint density at radius 3 is 2.17 bits per heavy atom. The number of nitrogens with one attached hydrogen (secondary N) is 1. The van der Waals surface area contributed by atoms with Crippen LogP contribution < -0.4 is 5.32 Å². The van der Waals surface area contributed by atoms with Crippen LogP contribution in [0.25, 0.3) is 6.08 Å². The third-order valence-electron chi connectivity index (χ3n) is 2.36. The number of hydrogen-bond acceptors (Lipinski definition) is 3. The van der Waals surface area contributed by atoms with Gasteiger partial charge in [0.25, 0.3) is 0 Å². The van der Waals surface area contributed by atoms with Gasteiger partial charge in [-0.3, -0.25) is 10.1 Å². The molecule has 0 aliphatic rings. The van der Waals surface area contributed by atoms with E-state index in [0.29, 0.717) is 0 Å². The second-order valence-corrected chi connectivity index (χ2v) is 3.71. The topological polar surface area (TPSA) is 55.2 Å². The number of para-hydroxylation sites is 1. The Balaban J connectivity index is 2.06. The number of anilines is 2. The van der Waals surface area contributed by atoms with Gasteiger partial charge >= 0.3 is 0 Å². The lowest BCUT2D eigenvalue weighted by Gasteiger charge is -2.05. The van der Waals surface area contributed by atoms with Crippen molar-refractivity contribution >= 4 is 17.5 Å². The molecular formula is C14H12N2O2. The summed E-state index contributed by atoms with van der Waals surface area (Å²) in [6, 6.07) is 17.2. The van der Waals surface area contributed by atoms with Gasteiger partial charge in [0.15, 0.2) is 0 Å². The molecule has 2 rings (SSSR count). The summed E-state index contributed by atoms with van der Waals surface area (Å²) in [5.74, 6) is 0. The molecule has 0 aliphatic carbocycles. The monoisotopic (exact) mass is 240 g/mol. The van der Waals surface area contributed by atoms with Crippen LogP contribution in [0.2, 0.25) is 0 Å². The normalized spacial score (nSPS) is 10.4. The third kappa shape index (κ3) is 3.45. The van der Waals surface area contributed by atoms with Crippen molar-refractivity contribution in [1.82, 2.24) is 0 Å². The van der Waals surface area contributed by atoms with Crippen molar-refractivity contribution in [2.75, 3.05) is 5.32 Å². The first-order valence-electron chi connectivity index (χ1n) is 5.48. The van der Waals surface area contributed by atoms with Crippen molar-refractivity contribution in [3.63, 3.8) is 0 Å². The standard InChI is InChI=1S/C14H12N2O2/c17-16(18)11-10-12-6-8-14(9-7-12)15-13-4-2-1-3-5-13/h1-11,15H/b11-10+. The van der Waals surface area contributed by atoms with Gasteiger partial charge in [-0.2, -0.15) is 0 Å². The first kappa shape index (κ1) is 11.9. The molecule has 4 heteroatoms. The predicted molar refractivity (Wildman–Crippen MR) is 72.2 cm³/mol. The lowest BCUT2D eigenvalue weighted by Crippen LogP contribution is -1.89. The number of nitro groups is 1. The highest BCUT2D eigenvalue weighted by molar-refractivity contribution is 5.61. The van der Waals surface area contributed by atoms with Crippen LogP contribution in [0.15, 0.2) is 60.8 Å². The summed E-state index contributed by atoms with van der Waals surface area (Å²) < 4.78 is 0. The summed E-state index contributed by atoms with van der Waals surface area (Å²) in [4.78, 5) is 9.71. The van der Waals surface area contributed by atoms with Crippen LogP contribution in [-0.4, -0.2) is 4.92 Å². The van der Waals surface area contributed by atoms with E-state index in [2.05, 4.69) is 5.32 Å². The van der Waals surface area contributed by atoms with Crippen molar-refractivity contribution < 1.29 is 4.92 Å². The molecule has 0 amide bonds. The first-order valence-corrected chi connectivity index (χ1v) is 5.48. The Morgan fingerprint density at radius 2 is 1.56 bits per heavy atom. The van der Waals surface area contributed by atoms with Crippen LogP contribution >= 0.6 is 0 Å². The lowest BCUT2D eigenvalue weighted by atomic mass is 10.2. The Kier molecular flexibility index (Phi) is 3.71. The zero-order valence-corrected chi connectivity index (χ0v) is 9.61. The largest absolute Gasteiger partial charge is 0.356 e. The van der Waals surface area contributed by atoms with E-state index in [-0.39, 0.29) is 0 Å². The Hall–Kier alpha value is -2.62. The van der Waals surface area contributed by atoms with Crippen molar-refractivity contribution in [2.24, 2.45) is 0 Å². The number of nitrogens with zero attached hydrogens (tertiary/aromatic N) is 1. The van der Waals surface area contributed by atoms with E-state index in [9.17, 15) is 10.1 Å². The molecule has 0 saturated carbocycles. The third-order valence-corrected chi connectivity index (χ3v) is 2.36. The average molecular weight is 240 g/mol. The molecule has 0 aromatic heterocycles. The van der Waals surface area contributed by atoms with Crippen LogP contribution in [0, 0.1) is 10.1 Å². The van der Waals surface area contributed by atoms with E-state index in [1.165, 1.54) is 6.08 Å². The van der Waals surface area contributed by atoms with Gasteiger partial charge in [0.05, 0.1) is 4.92 Å². The Labute approximate surface area is 105 Å². The van der Waals surface area contributed by atoms with E-state index >= 15 is 0 Å². The molecule has 18 heavy (non-hydrogen) atoms. The molecule has 0 spiro atoms. The molecule has 0 bridgehead atoms. The summed E-state index contributed by atoms with van der Waals surface area (Å²) in [6.07, 6.45) is 2.39. The van der Waals surface area contributed by atoms with Crippen LogP contribution in [0.3, 0.4) is 0 Å². The summed E-state index contributed by atoms with van der Waals surface area (Å²) in [5.41, 5.74) is 2.75. The van der Waals surface area contributed by atoms with E-state index in [4.69, 9.17) is 0 Å². The maximum absolute atomic E-state index is 10.2. The second-order valence-electron chi connectivity index (χ2n) is 3.71.